The standard InChI is InChI=1S/C16H17BrClNO/c1-9-8-14(20-3)10(2)7-12(9)16(19)11-5-4-6-13(17)15(11)18/h4-8,16H,19H2,1-3H3. The summed E-state index contributed by atoms with van der Waals surface area (Å²) in [6.07, 6.45) is 0. The Morgan fingerprint density at radius 1 is 1.15 bits per heavy atom. The topological polar surface area (TPSA) is 35.2 Å². The van der Waals surface area contributed by atoms with Gasteiger partial charge in [-0.2, -0.15) is 0 Å². The van der Waals surface area contributed by atoms with Crippen LogP contribution in [-0.4, -0.2) is 7.11 Å². The van der Waals surface area contributed by atoms with Gasteiger partial charge >= 0.3 is 0 Å². The first-order chi connectivity index (χ1) is 9.45. The first-order valence-corrected chi connectivity index (χ1v) is 7.47. The number of hydrogen-bond donors (Lipinski definition) is 1. The first-order valence-electron chi connectivity index (χ1n) is 6.30. The maximum Gasteiger partial charge on any atom is 0.122 e. The molecule has 0 aliphatic heterocycles. The molecular formula is C16H17BrClNO. The average Bonchev–Trinajstić information content (AvgIpc) is 2.43. The Balaban J connectivity index is 2.51. The van der Waals surface area contributed by atoms with E-state index in [1.807, 2.05) is 38.1 Å². The molecule has 0 aliphatic rings. The van der Waals surface area contributed by atoms with Crippen molar-refractivity contribution < 1.29 is 4.74 Å². The number of rotatable bonds is 3. The van der Waals surface area contributed by atoms with Crippen molar-refractivity contribution in [3.8, 4) is 5.75 Å². The van der Waals surface area contributed by atoms with Crippen LogP contribution in [0.2, 0.25) is 5.02 Å². The van der Waals surface area contributed by atoms with Crippen LogP contribution in [0.5, 0.6) is 5.75 Å². The third kappa shape index (κ3) is 2.85. The summed E-state index contributed by atoms with van der Waals surface area (Å²) in [6.45, 7) is 4.04. The monoisotopic (exact) mass is 353 g/mol. The van der Waals surface area contributed by atoms with Crippen molar-refractivity contribution >= 4 is 27.5 Å². The zero-order valence-electron chi connectivity index (χ0n) is 11.7. The molecule has 0 saturated heterocycles. The van der Waals surface area contributed by atoms with E-state index < -0.39 is 0 Å². The maximum atomic E-state index is 6.40. The number of aryl methyl sites for hydroxylation is 2. The fraction of sp³-hybridized carbons (Fsp3) is 0.250. The molecule has 20 heavy (non-hydrogen) atoms. The largest absolute Gasteiger partial charge is 0.496 e. The zero-order chi connectivity index (χ0) is 14.9. The van der Waals surface area contributed by atoms with Crippen molar-refractivity contribution in [1.29, 1.82) is 0 Å². The summed E-state index contributed by atoms with van der Waals surface area (Å²) in [5, 5.41) is 0.660. The average molecular weight is 355 g/mol. The molecule has 0 aliphatic carbocycles. The van der Waals surface area contributed by atoms with Gasteiger partial charge in [-0.25, -0.2) is 0 Å². The molecule has 4 heteroatoms. The summed E-state index contributed by atoms with van der Waals surface area (Å²) >= 11 is 9.77. The number of methoxy groups -OCH3 is 1. The quantitative estimate of drug-likeness (QED) is 0.861. The predicted octanol–water partition coefficient (Wildman–Crippen LogP) is 4.78. The van der Waals surface area contributed by atoms with Crippen LogP contribution in [-0.2, 0) is 0 Å². The second kappa shape index (κ2) is 6.17. The van der Waals surface area contributed by atoms with Crippen molar-refractivity contribution in [1.82, 2.24) is 0 Å². The lowest BCUT2D eigenvalue weighted by molar-refractivity contribution is 0.411. The minimum atomic E-state index is -0.260. The minimum Gasteiger partial charge on any atom is -0.496 e. The maximum absolute atomic E-state index is 6.40. The molecule has 1 atom stereocenters. The van der Waals surface area contributed by atoms with Gasteiger partial charge in [0.2, 0.25) is 0 Å². The molecule has 1 unspecified atom stereocenters. The van der Waals surface area contributed by atoms with Gasteiger partial charge in [-0.15, -0.1) is 0 Å². The van der Waals surface area contributed by atoms with E-state index in [4.69, 9.17) is 22.1 Å². The smallest absolute Gasteiger partial charge is 0.122 e. The Hall–Kier alpha value is -1.03. The summed E-state index contributed by atoms with van der Waals surface area (Å²) in [4.78, 5) is 0. The van der Waals surface area contributed by atoms with Gasteiger partial charge in [0, 0.05) is 4.47 Å². The molecule has 0 aromatic heterocycles. The van der Waals surface area contributed by atoms with Crippen LogP contribution in [0, 0.1) is 13.8 Å². The normalized spacial score (nSPS) is 12.3. The molecule has 2 nitrogen and oxygen atoms in total. The third-order valence-electron chi connectivity index (χ3n) is 3.44. The SMILES string of the molecule is COc1cc(C)c(C(N)c2cccc(Br)c2Cl)cc1C. The summed E-state index contributed by atoms with van der Waals surface area (Å²) in [6, 6.07) is 9.62. The number of halogens is 2. The Labute approximate surface area is 133 Å². The number of ether oxygens (including phenoxy) is 1. The highest BCUT2D eigenvalue weighted by Crippen LogP contribution is 2.34. The molecular weight excluding hydrogens is 338 g/mol. The Bertz CT molecular complexity index is 643. The van der Waals surface area contributed by atoms with E-state index >= 15 is 0 Å². The molecule has 0 amide bonds. The fourth-order valence-electron chi connectivity index (χ4n) is 2.30. The molecule has 0 bridgehead atoms. The van der Waals surface area contributed by atoms with Crippen molar-refractivity contribution in [2.24, 2.45) is 5.73 Å². The Morgan fingerprint density at radius 3 is 2.50 bits per heavy atom. The van der Waals surface area contributed by atoms with Gasteiger partial charge in [0.15, 0.2) is 0 Å². The second-order valence-electron chi connectivity index (χ2n) is 4.80. The second-order valence-corrected chi connectivity index (χ2v) is 6.03. The Kier molecular flexibility index (Phi) is 4.74. The predicted molar refractivity (Wildman–Crippen MR) is 87.7 cm³/mol. The van der Waals surface area contributed by atoms with Gasteiger partial charge < -0.3 is 10.5 Å². The summed E-state index contributed by atoms with van der Waals surface area (Å²) in [5.74, 6) is 0.874. The highest BCUT2D eigenvalue weighted by Gasteiger charge is 2.17. The number of benzene rings is 2. The molecule has 0 fully saturated rings. The van der Waals surface area contributed by atoms with Crippen LogP contribution in [0.25, 0.3) is 0 Å². The highest BCUT2D eigenvalue weighted by atomic mass is 79.9. The van der Waals surface area contributed by atoms with Crippen LogP contribution in [0.15, 0.2) is 34.8 Å². The van der Waals surface area contributed by atoms with Gasteiger partial charge in [0.05, 0.1) is 18.2 Å². The van der Waals surface area contributed by atoms with Gasteiger partial charge in [-0.3, -0.25) is 0 Å². The molecule has 2 aromatic rings. The highest BCUT2D eigenvalue weighted by molar-refractivity contribution is 9.10. The van der Waals surface area contributed by atoms with Crippen LogP contribution >= 0.6 is 27.5 Å². The van der Waals surface area contributed by atoms with E-state index in [1.54, 1.807) is 7.11 Å². The number of hydrogen-bond acceptors (Lipinski definition) is 2. The molecule has 0 saturated carbocycles. The van der Waals surface area contributed by atoms with Crippen molar-refractivity contribution in [3.05, 3.63) is 62.1 Å². The van der Waals surface area contributed by atoms with E-state index in [0.29, 0.717) is 5.02 Å². The van der Waals surface area contributed by atoms with Gasteiger partial charge in [0.1, 0.15) is 5.75 Å². The van der Waals surface area contributed by atoms with Crippen LogP contribution in [0.4, 0.5) is 0 Å². The van der Waals surface area contributed by atoms with E-state index in [-0.39, 0.29) is 6.04 Å². The lowest BCUT2D eigenvalue weighted by Crippen LogP contribution is -2.14. The molecule has 0 spiro atoms. The molecule has 2 aromatic carbocycles. The first kappa shape index (κ1) is 15.4. The molecule has 2 N–H and O–H groups in total. The third-order valence-corrected chi connectivity index (χ3v) is 4.75. The van der Waals surface area contributed by atoms with Crippen molar-refractivity contribution in [2.45, 2.75) is 19.9 Å². The Morgan fingerprint density at radius 2 is 1.85 bits per heavy atom. The lowest BCUT2D eigenvalue weighted by atomic mass is 9.94. The van der Waals surface area contributed by atoms with E-state index in [1.165, 1.54) is 0 Å². The van der Waals surface area contributed by atoms with Gasteiger partial charge in [-0.1, -0.05) is 29.8 Å². The zero-order valence-corrected chi connectivity index (χ0v) is 14.0. The molecule has 2 rings (SSSR count). The summed E-state index contributed by atoms with van der Waals surface area (Å²) < 4.78 is 6.19. The van der Waals surface area contributed by atoms with E-state index in [9.17, 15) is 0 Å². The van der Waals surface area contributed by atoms with E-state index in [2.05, 4.69) is 22.0 Å². The van der Waals surface area contributed by atoms with Gasteiger partial charge in [0.25, 0.3) is 0 Å². The summed E-state index contributed by atoms with van der Waals surface area (Å²) in [7, 11) is 1.67. The molecule has 0 heterocycles. The van der Waals surface area contributed by atoms with Gasteiger partial charge in [-0.05, 0) is 64.2 Å². The fourth-order valence-corrected chi connectivity index (χ4v) is 2.92. The van der Waals surface area contributed by atoms with Crippen molar-refractivity contribution in [3.63, 3.8) is 0 Å². The molecule has 106 valence electrons. The molecule has 0 radical (unpaired) electrons. The van der Waals surface area contributed by atoms with Crippen LogP contribution in [0.3, 0.4) is 0 Å². The summed E-state index contributed by atoms with van der Waals surface area (Å²) in [5.41, 5.74) is 10.5. The number of nitrogens with two attached hydrogens (primary N) is 1. The van der Waals surface area contributed by atoms with Crippen LogP contribution in [0.1, 0.15) is 28.3 Å². The van der Waals surface area contributed by atoms with Crippen molar-refractivity contribution in [2.75, 3.05) is 7.11 Å². The van der Waals surface area contributed by atoms with Crippen LogP contribution < -0.4 is 10.5 Å². The van der Waals surface area contributed by atoms with E-state index in [0.717, 1.165) is 32.5 Å². The minimum absolute atomic E-state index is 0.260. The lowest BCUT2D eigenvalue weighted by Gasteiger charge is -2.19.